The second kappa shape index (κ2) is 11.9. The number of unbranched alkanes of at least 4 members (excludes halogenated alkanes) is 5. The zero-order valence-electron chi connectivity index (χ0n) is 16.2. The van der Waals surface area contributed by atoms with Crippen LogP contribution in [0.5, 0.6) is 0 Å². The molecule has 146 valence electrons. The molecule has 3 N–H and O–H groups in total. The molecule has 1 rings (SSSR count). The zero-order valence-corrected chi connectivity index (χ0v) is 16.2. The van der Waals surface area contributed by atoms with Crippen LogP contribution in [0.2, 0.25) is 0 Å². The number of hydrogen-bond acceptors (Lipinski definition) is 3. The number of rotatable bonds is 12. The highest BCUT2D eigenvalue weighted by Gasteiger charge is 2.31. The van der Waals surface area contributed by atoms with E-state index in [0.29, 0.717) is 11.8 Å². The van der Waals surface area contributed by atoms with Gasteiger partial charge < -0.3 is 15.3 Å². The highest BCUT2D eigenvalue weighted by Crippen LogP contribution is 2.31. The summed E-state index contributed by atoms with van der Waals surface area (Å²) in [6, 6.07) is 0. The first-order valence-electron chi connectivity index (χ1n) is 9.79. The molecule has 0 saturated heterocycles. The molecule has 4 nitrogen and oxygen atoms in total. The largest absolute Gasteiger partial charge is 0.477 e. The van der Waals surface area contributed by atoms with E-state index in [1.807, 2.05) is 6.92 Å². The maximum Gasteiger partial charge on any atom is 0.364 e. The van der Waals surface area contributed by atoms with E-state index in [1.54, 1.807) is 0 Å². The van der Waals surface area contributed by atoms with Crippen molar-refractivity contribution in [1.82, 2.24) is 0 Å². The average molecular weight is 363 g/mol. The van der Waals surface area contributed by atoms with Crippen molar-refractivity contribution in [2.45, 2.75) is 77.4 Å². The molecule has 0 bridgehead atoms. The highest BCUT2D eigenvalue weighted by atomic mass is 16.5. The summed E-state index contributed by atoms with van der Waals surface area (Å²) in [5.41, 5.74) is 3.99. The number of allylic oxidation sites excluding steroid dienone is 4. The average Bonchev–Trinajstić information content (AvgIpc) is 3.00. The zero-order chi connectivity index (χ0) is 19.4. The van der Waals surface area contributed by atoms with Crippen molar-refractivity contribution in [2.75, 3.05) is 0 Å². The summed E-state index contributed by atoms with van der Waals surface area (Å²) in [6.45, 7) is 4.18. The van der Waals surface area contributed by atoms with Gasteiger partial charge in [-0.2, -0.15) is 0 Å². The third-order valence-corrected chi connectivity index (χ3v) is 4.82. The topological polar surface area (TPSA) is 77.8 Å². The molecular formula is C22H34O4. The van der Waals surface area contributed by atoms with Gasteiger partial charge in [-0.3, -0.25) is 0 Å². The van der Waals surface area contributed by atoms with Crippen molar-refractivity contribution in [2.24, 2.45) is 11.8 Å². The first-order chi connectivity index (χ1) is 12.4. The lowest BCUT2D eigenvalue weighted by Gasteiger charge is -2.16. The van der Waals surface area contributed by atoms with Crippen molar-refractivity contribution in [1.29, 1.82) is 0 Å². The Hall–Kier alpha value is -1.61. The van der Waals surface area contributed by atoms with Crippen LogP contribution in [-0.2, 0) is 4.79 Å². The molecule has 1 aliphatic carbocycles. The molecule has 0 saturated carbocycles. The summed E-state index contributed by atoms with van der Waals surface area (Å²) >= 11 is 0. The molecule has 0 fully saturated rings. The third-order valence-electron chi connectivity index (χ3n) is 4.82. The lowest BCUT2D eigenvalue weighted by molar-refractivity contribution is -0.201. The number of carbonyl (C=O) groups is 1. The molecule has 1 aliphatic rings. The van der Waals surface area contributed by atoms with Crippen LogP contribution in [0.15, 0.2) is 41.7 Å². The van der Waals surface area contributed by atoms with Gasteiger partial charge in [0, 0.05) is 6.42 Å². The lowest BCUT2D eigenvalue weighted by Crippen LogP contribution is -2.37. The van der Waals surface area contributed by atoms with Gasteiger partial charge in [-0.1, -0.05) is 56.9 Å². The Labute approximate surface area is 157 Å². The summed E-state index contributed by atoms with van der Waals surface area (Å²) in [4.78, 5) is 10.6. The molecule has 0 spiro atoms. The van der Waals surface area contributed by atoms with Gasteiger partial charge in [0.25, 0.3) is 5.79 Å². The molecule has 0 aromatic heterocycles. The third kappa shape index (κ3) is 8.66. The van der Waals surface area contributed by atoms with Gasteiger partial charge in [0.2, 0.25) is 0 Å². The molecule has 0 aromatic carbocycles. The van der Waals surface area contributed by atoms with Gasteiger partial charge >= 0.3 is 5.97 Å². The maximum absolute atomic E-state index is 10.6. The quantitative estimate of drug-likeness (QED) is 0.203. The van der Waals surface area contributed by atoms with E-state index in [0.717, 1.165) is 24.8 Å². The second-order valence-corrected chi connectivity index (χ2v) is 7.29. The number of carboxylic acids is 1. The number of aliphatic carboxylic acids is 1. The van der Waals surface area contributed by atoms with Crippen LogP contribution in [0.1, 0.15) is 71.6 Å². The Morgan fingerprint density at radius 3 is 2.69 bits per heavy atom. The molecule has 0 aliphatic heterocycles. The van der Waals surface area contributed by atoms with E-state index >= 15 is 0 Å². The minimum atomic E-state index is -2.72. The predicted octanol–water partition coefficient (Wildman–Crippen LogP) is 4.74. The Balaban J connectivity index is 2.43. The summed E-state index contributed by atoms with van der Waals surface area (Å²) in [6.07, 6.45) is 19.6. The van der Waals surface area contributed by atoms with Crippen LogP contribution in [0, 0.1) is 11.8 Å². The fourth-order valence-corrected chi connectivity index (χ4v) is 3.19. The molecular weight excluding hydrogens is 328 g/mol. The Kier molecular flexibility index (Phi) is 10.3. The van der Waals surface area contributed by atoms with E-state index in [4.69, 9.17) is 5.11 Å². The number of aliphatic hydroxyl groups is 2. The van der Waals surface area contributed by atoms with Crippen LogP contribution >= 0.6 is 0 Å². The molecule has 0 amide bonds. The number of hydrogen-bond donors (Lipinski definition) is 3. The molecule has 0 aromatic rings. The SMILES string of the molecule is CCCCCCCC=C[C@H]1C=CC[C@@H]1CC(C)=C=CCC(O)(O)C(=O)O. The monoisotopic (exact) mass is 362 g/mol. The normalized spacial score (nSPS) is 19.7. The Bertz CT molecular complexity index is 550. The van der Waals surface area contributed by atoms with Crippen molar-refractivity contribution in [3.8, 4) is 0 Å². The van der Waals surface area contributed by atoms with Gasteiger partial charge in [-0.15, -0.1) is 5.73 Å². The van der Waals surface area contributed by atoms with Crippen LogP contribution in [0.4, 0.5) is 0 Å². The maximum atomic E-state index is 10.6. The Morgan fingerprint density at radius 1 is 1.27 bits per heavy atom. The van der Waals surface area contributed by atoms with Crippen LogP contribution in [-0.4, -0.2) is 27.1 Å². The smallest absolute Gasteiger partial charge is 0.364 e. The second-order valence-electron chi connectivity index (χ2n) is 7.29. The van der Waals surface area contributed by atoms with Crippen LogP contribution in [0.25, 0.3) is 0 Å². The summed E-state index contributed by atoms with van der Waals surface area (Å²) < 4.78 is 0. The van der Waals surface area contributed by atoms with E-state index in [2.05, 4.69) is 37.0 Å². The van der Waals surface area contributed by atoms with Gasteiger partial charge in [0.1, 0.15) is 0 Å². The van der Waals surface area contributed by atoms with Crippen LogP contribution < -0.4 is 0 Å². The van der Waals surface area contributed by atoms with E-state index in [-0.39, 0.29) is 6.42 Å². The fourth-order valence-electron chi connectivity index (χ4n) is 3.19. The Morgan fingerprint density at radius 2 is 2.00 bits per heavy atom. The minimum Gasteiger partial charge on any atom is -0.477 e. The van der Waals surface area contributed by atoms with Gasteiger partial charge in [-0.25, -0.2) is 4.79 Å². The van der Waals surface area contributed by atoms with Gasteiger partial charge in [0.05, 0.1) is 0 Å². The van der Waals surface area contributed by atoms with E-state index < -0.39 is 11.8 Å². The van der Waals surface area contributed by atoms with Crippen molar-refractivity contribution >= 4 is 5.97 Å². The first-order valence-corrected chi connectivity index (χ1v) is 9.79. The minimum absolute atomic E-state index is 0.371. The highest BCUT2D eigenvalue weighted by molar-refractivity contribution is 5.75. The molecule has 0 unspecified atom stereocenters. The van der Waals surface area contributed by atoms with Crippen molar-refractivity contribution in [3.05, 3.63) is 41.7 Å². The number of carboxylic acid groups (broad SMARTS) is 1. The van der Waals surface area contributed by atoms with Crippen molar-refractivity contribution < 1.29 is 20.1 Å². The van der Waals surface area contributed by atoms with Crippen LogP contribution in [0.3, 0.4) is 0 Å². The molecule has 2 atom stereocenters. The molecule has 4 heteroatoms. The summed E-state index contributed by atoms with van der Waals surface area (Å²) in [5, 5.41) is 27.2. The van der Waals surface area contributed by atoms with Gasteiger partial charge in [-0.05, 0) is 56.1 Å². The molecule has 0 radical (unpaired) electrons. The fraction of sp³-hybridized carbons (Fsp3) is 0.636. The van der Waals surface area contributed by atoms with Crippen molar-refractivity contribution in [3.63, 3.8) is 0 Å². The predicted molar refractivity (Wildman–Crippen MR) is 105 cm³/mol. The standard InChI is InChI=1S/C22H34O4/c1-3-4-5-6-7-8-9-13-19-14-10-15-20(19)17-18(2)12-11-16-22(25,26)21(23)24/h9-11,13-14,19-20,25-26H,3-8,15-17H2,1-2H3,(H,23,24)/t12?,19-,20+/m0/s1. The first kappa shape index (κ1) is 22.4. The summed E-state index contributed by atoms with van der Waals surface area (Å²) in [5.74, 6) is -3.42. The van der Waals surface area contributed by atoms with E-state index in [9.17, 15) is 15.0 Å². The molecule has 0 heterocycles. The van der Waals surface area contributed by atoms with E-state index in [1.165, 1.54) is 38.2 Å². The summed E-state index contributed by atoms with van der Waals surface area (Å²) in [7, 11) is 0. The molecule has 26 heavy (non-hydrogen) atoms. The lowest BCUT2D eigenvalue weighted by atomic mass is 9.89. The van der Waals surface area contributed by atoms with Gasteiger partial charge in [0.15, 0.2) is 0 Å².